The molecule has 0 aliphatic heterocycles. The molecule has 2 rings (SSSR count). The zero-order valence-corrected chi connectivity index (χ0v) is 10.5. The highest BCUT2D eigenvalue weighted by atomic mass is 16.6. The minimum Gasteiger partial charge on any atom is -0.478 e. The van der Waals surface area contributed by atoms with Crippen LogP contribution in [0.2, 0.25) is 0 Å². The number of anilines is 2. The van der Waals surface area contributed by atoms with Gasteiger partial charge in [-0.15, -0.1) is 0 Å². The van der Waals surface area contributed by atoms with Gasteiger partial charge in [-0.3, -0.25) is 0 Å². The molecule has 0 aliphatic rings. The van der Waals surface area contributed by atoms with Gasteiger partial charge in [0.1, 0.15) is 0 Å². The SMILES string of the molecule is Cc1ccc(Nc2ccc([N+](=O)[O-])nc2)cc1C(=O)O. The summed E-state index contributed by atoms with van der Waals surface area (Å²) in [6, 6.07) is 7.69. The Labute approximate surface area is 114 Å². The van der Waals surface area contributed by atoms with Crippen LogP contribution in [0.3, 0.4) is 0 Å². The lowest BCUT2D eigenvalue weighted by Crippen LogP contribution is -2.01. The zero-order chi connectivity index (χ0) is 14.7. The van der Waals surface area contributed by atoms with E-state index in [1.54, 1.807) is 19.1 Å². The first-order valence-corrected chi connectivity index (χ1v) is 5.69. The summed E-state index contributed by atoms with van der Waals surface area (Å²) < 4.78 is 0. The van der Waals surface area contributed by atoms with E-state index in [1.807, 2.05) is 0 Å². The molecule has 0 unspecified atom stereocenters. The number of carboxylic acids is 1. The molecular formula is C13H11N3O4. The Morgan fingerprint density at radius 2 is 2.00 bits per heavy atom. The highest BCUT2D eigenvalue weighted by Gasteiger charge is 2.09. The fraction of sp³-hybridized carbons (Fsp3) is 0.0769. The molecule has 0 spiro atoms. The molecule has 0 bridgehead atoms. The molecule has 0 aliphatic carbocycles. The summed E-state index contributed by atoms with van der Waals surface area (Å²) in [5, 5.41) is 22.5. The number of carboxylic acid groups (broad SMARTS) is 1. The van der Waals surface area contributed by atoms with Crippen molar-refractivity contribution in [3.63, 3.8) is 0 Å². The Morgan fingerprint density at radius 1 is 1.30 bits per heavy atom. The fourth-order valence-corrected chi connectivity index (χ4v) is 1.66. The van der Waals surface area contributed by atoms with E-state index in [0.717, 1.165) is 0 Å². The van der Waals surface area contributed by atoms with Gasteiger partial charge in [0.25, 0.3) is 0 Å². The van der Waals surface area contributed by atoms with Crippen LogP contribution in [0.25, 0.3) is 0 Å². The number of nitrogens with zero attached hydrogens (tertiary/aromatic N) is 2. The maximum Gasteiger partial charge on any atom is 0.363 e. The summed E-state index contributed by atoms with van der Waals surface area (Å²) >= 11 is 0. The van der Waals surface area contributed by atoms with E-state index in [2.05, 4.69) is 10.3 Å². The molecule has 0 amide bonds. The Hall–Kier alpha value is -2.96. The monoisotopic (exact) mass is 273 g/mol. The first kappa shape index (κ1) is 13.5. The third-order valence-corrected chi connectivity index (χ3v) is 2.69. The van der Waals surface area contributed by atoms with E-state index in [-0.39, 0.29) is 11.4 Å². The molecule has 2 aromatic rings. The van der Waals surface area contributed by atoms with Crippen molar-refractivity contribution in [1.82, 2.24) is 4.98 Å². The first-order chi connectivity index (χ1) is 9.47. The summed E-state index contributed by atoms with van der Waals surface area (Å²) in [4.78, 5) is 24.6. The summed E-state index contributed by atoms with van der Waals surface area (Å²) in [5.41, 5.74) is 1.97. The van der Waals surface area contributed by atoms with Gasteiger partial charge in [-0.05, 0) is 40.6 Å². The van der Waals surface area contributed by atoms with Gasteiger partial charge in [0.15, 0.2) is 6.20 Å². The molecule has 0 radical (unpaired) electrons. The molecule has 7 heteroatoms. The van der Waals surface area contributed by atoms with Gasteiger partial charge in [-0.25, -0.2) is 4.79 Å². The molecule has 2 N–H and O–H groups in total. The van der Waals surface area contributed by atoms with Gasteiger partial charge in [-0.2, -0.15) is 0 Å². The van der Waals surface area contributed by atoms with Gasteiger partial charge < -0.3 is 20.5 Å². The Kier molecular flexibility index (Phi) is 3.60. The quantitative estimate of drug-likeness (QED) is 0.655. The molecule has 1 aromatic heterocycles. The number of aromatic carboxylic acids is 1. The minimum atomic E-state index is -1.01. The average Bonchev–Trinajstić information content (AvgIpc) is 2.41. The number of aryl methyl sites for hydroxylation is 1. The lowest BCUT2D eigenvalue weighted by molar-refractivity contribution is -0.389. The predicted octanol–water partition coefficient (Wildman–Crippen LogP) is 2.74. The standard InChI is InChI=1S/C13H11N3O4/c1-8-2-3-9(6-11(8)13(17)18)15-10-4-5-12(14-7-10)16(19)20/h2-7,15H,1H3,(H,17,18). The zero-order valence-electron chi connectivity index (χ0n) is 10.5. The van der Waals surface area contributed by atoms with Crippen LogP contribution < -0.4 is 5.32 Å². The molecule has 1 aromatic carbocycles. The van der Waals surface area contributed by atoms with Crippen LogP contribution in [0.15, 0.2) is 36.5 Å². The normalized spacial score (nSPS) is 10.1. The third-order valence-electron chi connectivity index (χ3n) is 2.69. The average molecular weight is 273 g/mol. The molecule has 102 valence electrons. The highest BCUT2D eigenvalue weighted by Crippen LogP contribution is 2.20. The lowest BCUT2D eigenvalue weighted by atomic mass is 10.1. The molecule has 0 fully saturated rings. The minimum absolute atomic E-state index is 0.199. The van der Waals surface area contributed by atoms with Gasteiger partial charge in [0.05, 0.1) is 11.3 Å². The maximum atomic E-state index is 11.0. The molecule has 0 saturated heterocycles. The van der Waals surface area contributed by atoms with E-state index in [9.17, 15) is 14.9 Å². The van der Waals surface area contributed by atoms with Crippen LogP contribution in [-0.4, -0.2) is 21.0 Å². The number of benzene rings is 1. The number of hydrogen-bond donors (Lipinski definition) is 2. The Morgan fingerprint density at radius 3 is 2.55 bits per heavy atom. The molecule has 0 atom stereocenters. The summed E-state index contributed by atoms with van der Waals surface area (Å²) in [6.45, 7) is 1.71. The molecule has 7 nitrogen and oxygen atoms in total. The summed E-state index contributed by atoms with van der Waals surface area (Å²) in [7, 11) is 0. The molecular weight excluding hydrogens is 262 g/mol. The molecule has 0 saturated carbocycles. The number of rotatable bonds is 4. The van der Waals surface area contributed by atoms with E-state index < -0.39 is 10.9 Å². The van der Waals surface area contributed by atoms with Crippen LogP contribution in [0, 0.1) is 17.0 Å². The number of nitro groups is 1. The van der Waals surface area contributed by atoms with Crippen molar-refractivity contribution in [3.05, 3.63) is 57.8 Å². The molecule has 20 heavy (non-hydrogen) atoms. The number of carbonyl (C=O) groups is 1. The van der Waals surface area contributed by atoms with Gasteiger partial charge in [-0.1, -0.05) is 6.07 Å². The fourth-order valence-electron chi connectivity index (χ4n) is 1.66. The van der Waals surface area contributed by atoms with Crippen molar-refractivity contribution in [1.29, 1.82) is 0 Å². The van der Waals surface area contributed by atoms with E-state index in [4.69, 9.17) is 5.11 Å². The highest BCUT2D eigenvalue weighted by molar-refractivity contribution is 5.90. The second kappa shape index (κ2) is 5.35. The second-order valence-corrected chi connectivity index (χ2v) is 4.12. The number of aromatic nitrogens is 1. The smallest absolute Gasteiger partial charge is 0.363 e. The topological polar surface area (TPSA) is 105 Å². The van der Waals surface area contributed by atoms with Crippen molar-refractivity contribution in [3.8, 4) is 0 Å². The first-order valence-electron chi connectivity index (χ1n) is 5.69. The van der Waals surface area contributed by atoms with Crippen molar-refractivity contribution in [2.45, 2.75) is 6.92 Å². The van der Waals surface area contributed by atoms with Crippen LogP contribution in [0.1, 0.15) is 15.9 Å². The van der Waals surface area contributed by atoms with Crippen LogP contribution in [0.4, 0.5) is 17.2 Å². The predicted molar refractivity (Wildman–Crippen MR) is 72.3 cm³/mol. The van der Waals surface area contributed by atoms with Gasteiger partial charge >= 0.3 is 11.8 Å². The molecule has 1 heterocycles. The van der Waals surface area contributed by atoms with Crippen molar-refractivity contribution in [2.24, 2.45) is 0 Å². The van der Waals surface area contributed by atoms with Crippen molar-refractivity contribution < 1.29 is 14.8 Å². The van der Waals surface area contributed by atoms with E-state index >= 15 is 0 Å². The van der Waals surface area contributed by atoms with E-state index in [1.165, 1.54) is 24.4 Å². The summed E-state index contributed by atoms with van der Waals surface area (Å²) in [6.07, 6.45) is 1.32. The van der Waals surface area contributed by atoms with Crippen LogP contribution in [0.5, 0.6) is 0 Å². The largest absolute Gasteiger partial charge is 0.478 e. The van der Waals surface area contributed by atoms with Gasteiger partial charge in [0.2, 0.25) is 0 Å². The summed E-state index contributed by atoms with van der Waals surface area (Å²) in [5.74, 6) is -1.25. The van der Waals surface area contributed by atoms with Crippen molar-refractivity contribution >= 4 is 23.2 Å². The second-order valence-electron chi connectivity index (χ2n) is 4.12. The van der Waals surface area contributed by atoms with E-state index in [0.29, 0.717) is 16.9 Å². The van der Waals surface area contributed by atoms with Crippen molar-refractivity contribution in [2.75, 3.05) is 5.32 Å². The van der Waals surface area contributed by atoms with Gasteiger partial charge in [0, 0.05) is 11.8 Å². The Balaban J connectivity index is 2.23. The maximum absolute atomic E-state index is 11.0. The van der Waals surface area contributed by atoms with Crippen LogP contribution in [-0.2, 0) is 0 Å². The lowest BCUT2D eigenvalue weighted by Gasteiger charge is -2.07. The Bertz CT molecular complexity index is 668. The number of hydrogen-bond acceptors (Lipinski definition) is 5. The number of pyridine rings is 1. The number of nitrogens with one attached hydrogen (secondary N) is 1. The third kappa shape index (κ3) is 2.89. The van der Waals surface area contributed by atoms with Crippen LogP contribution >= 0.6 is 0 Å².